The van der Waals surface area contributed by atoms with Crippen molar-refractivity contribution >= 4 is 17.6 Å². The van der Waals surface area contributed by atoms with E-state index in [9.17, 15) is 0 Å². The Hall–Kier alpha value is -0.960. The summed E-state index contributed by atoms with van der Waals surface area (Å²) in [6.45, 7) is 6.16. The number of hydrogen-bond acceptors (Lipinski definition) is 2. The molecule has 0 radical (unpaired) electrons. The lowest BCUT2D eigenvalue weighted by Crippen LogP contribution is -2.10. The SMILES string of the molecule is CC.CCCSc1ccc(C(=N)N)cc1. The topological polar surface area (TPSA) is 49.9 Å². The maximum atomic E-state index is 7.21. The molecule has 0 heterocycles. The number of benzene rings is 1. The van der Waals surface area contributed by atoms with Crippen molar-refractivity contribution < 1.29 is 0 Å². The van der Waals surface area contributed by atoms with Gasteiger partial charge in [0.25, 0.3) is 0 Å². The molecular formula is C12H20N2S. The number of nitrogens with one attached hydrogen (secondary N) is 1. The van der Waals surface area contributed by atoms with Crippen molar-refractivity contribution in [1.82, 2.24) is 0 Å². The van der Waals surface area contributed by atoms with E-state index in [1.807, 2.05) is 49.9 Å². The maximum Gasteiger partial charge on any atom is 0.122 e. The molecule has 0 atom stereocenters. The lowest BCUT2D eigenvalue weighted by atomic mass is 10.2. The largest absolute Gasteiger partial charge is 0.384 e. The molecule has 0 spiro atoms. The number of amidine groups is 1. The zero-order chi connectivity index (χ0) is 11.7. The van der Waals surface area contributed by atoms with Gasteiger partial charge >= 0.3 is 0 Å². The highest BCUT2D eigenvalue weighted by atomic mass is 32.2. The fraction of sp³-hybridized carbons (Fsp3) is 0.417. The van der Waals surface area contributed by atoms with Gasteiger partial charge in [-0.25, -0.2) is 0 Å². The van der Waals surface area contributed by atoms with Gasteiger partial charge < -0.3 is 5.73 Å². The van der Waals surface area contributed by atoms with Crippen molar-refractivity contribution in [3.05, 3.63) is 29.8 Å². The molecule has 0 saturated heterocycles. The Kier molecular flexibility index (Phi) is 7.82. The van der Waals surface area contributed by atoms with Crippen LogP contribution in [0.25, 0.3) is 0 Å². The summed E-state index contributed by atoms with van der Waals surface area (Å²) in [5.41, 5.74) is 6.13. The van der Waals surface area contributed by atoms with Crippen molar-refractivity contribution in [2.45, 2.75) is 32.1 Å². The van der Waals surface area contributed by atoms with Gasteiger partial charge in [0, 0.05) is 10.5 Å². The summed E-state index contributed by atoms with van der Waals surface area (Å²) in [6.07, 6.45) is 1.18. The standard InChI is InChI=1S/C10H14N2S.C2H6/c1-2-7-13-9-5-3-8(4-6-9)10(11)12;1-2/h3-6H,2,7H2,1H3,(H3,11,12);1-2H3. The van der Waals surface area contributed by atoms with E-state index in [1.165, 1.54) is 11.3 Å². The van der Waals surface area contributed by atoms with E-state index < -0.39 is 0 Å². The molecular weight excluding hydrogens is 204 g/mol. The molecule has 1 aromatic carbocycles. The molecule has 0 unspecified atom stereocenters. The third kappa shape index (κ3) is 5.47. The molecule has 0 aliphatic rings. The zero-order valence-electron chi connectivity index (χ0n) is 9.71. The Balaban J connectivity index is 0.000000921. The first kappa shape index (κ1) is 14.0. The fourth-order valence-corrected chi connectivity index (χ4v) is 1.72. The Morgan fingerprint density at radius 1 is 1.27 bits per heavy atom. The summed E-state index contributed by atoms with van der Waals surface area (Å²) in [6, 6.07) is 7.80. The monoisotopic (exact) mass is 224 g/mol. The number of nitrogens with two attached hydrogens (primary N) is 1. The predicted molar refractivity (Wildman–Crippen MR) is 69.8 cm³/mol. The molecule has 3 heteroatoms. The third-order valence-electron chi connectivity index (χ3n) is 1.64. The minimum Gasteiger partial charge on any atom is -0.384 e. The Labute approximate surface area is 96.8 Å². The third-order valence-corrected chi connectivity index (χ3v) is 2.86. The highest BCUT2D eigenvalue weighted by molar-refractivity contribution is 7.99. The number of rotatable bonds is 4. The molecule has 1 aromatic rings. The van der Waals surface area contributed by atoms with Crippen molar-refractivity contribution in [3.8, 4) is 0 Å². The van der Waals surface area contributed by atoms with E-state index in [-0.39, 0.29) is 5.84 Å². The van der Waals surface area contributed by atoms with Crippen molar-refractivity contribution in [2.75, 3.05) is 5.75 Å². The van der Waals surface area contributed by atoms with E-state index in [1.54, 1.807) is 0 Å². The molecule has 84 valence electrons. The molecule has 3 N–H and O–H groups in total. The van der Waals surface area contributed by atoms with Gasteiger partial charge in [0.05, 0.1) is 0 Å². The van der Waals surface area contributed by atoms with Crippen LogP contribution in [0.15, 0.2) is 29.2 Å². The van der Waals surface area contributed by atoms with Crippen molar-refractivity contribution in [3.63, 3.8) is 0 Å². The molecule has 0 saturated carbocycles. The van der Waals surface area contributed by atoms with Crippen LogP contribution in [0, 0.1) is 5.41 Å². The highest BCUT2D eigenvalue weighted by Gasteiger charge is 1.96. The van der Waals surface area contributed by atoms with E-state index >= 15 is 0 Å². The summed E-state index contributed by atoms with van der Waals surface area (Å²) < 4.78 is 0. The quantitative estimate of drug-likeness (QED) is 0.467. The maximum absolute atomic E-state index is 7.21. The second kappa shape index (κ2) is 8.36. The van der Waals surface area contributed by atoms with Crippen LogP contribution in [0.1, 0.15) is 32.8 Å². The number of nitrogen functional groups attached to an aromatic ring is 1. The van der Waals surface area contributed by atoms with Crippen LogP contribution in [0.2, 0.25) is 0 Å². The van der Waals surface area contributed by atoms with Crippen LogP contribution >= 0.6 is 11.8 Å². The number of hydrogen-bond donors (Lipinski definition) is 2. The molecule has 0 aliphatic carbocycles. The lowest BCUT2D eigenvalue weighted by molar-refractivity contribution is 1.10. The van der Waals surface area contributed by atoms with Gasteiger partial charge in [-0.05, 0) is 24.3 Å². The molecule has 0 fully saturated rings. The van der Waals surface area contributed by atoms with Gasteiger partial charge in [-0.3, -0.25) is 5.41 Å². The van der Waals surface area contributed by atoms with Crippen LogP contribution in [0.4, 0.5) is 0 Å². The average Bonchev–Trinajstić information content (AvgIpc) is 2.29. The fourth-order valence-electron chi connectivity index (χ4n) is 0.951. The molecule has 0 amide bonds. The van der Waals surface area contributed by atoms with Crippen LogP contribution < -0.4 is 5.73 Å². The van der Waals surface area contributed by atoms with Gasteiger partial charge in [0.2, 0.25) is 0 Å². The van der Waals surface area contributed by atoms with Gasteiger partial charge in [0.15, 0.2) is 0 Å². The zero-order valence-corrected chi connectivity index (χ0v) is 10.5. The highest BCUT2D eigenvalue weighted by Crippen LogP contribution is 2.18. The van der Waals surface area contributed by atoms with Crippen LogP contribution in [0.3, 0.4) is 0 Å². The molecule has 2 nitrogen and oxygen atoms in total. The van der Waals surface area contributed by atoms with Crippen LogP contribution in [-0.4, -0.2) is 11.6 Å². The summed E-state index contributed by atoms with van der Waals surface area (Å²) in [5, 5.41) is 7.21. The predicted octanol–water partition coefficient (Wildman–Crippen LogP) is 3.50. The molecule has 0 bridgehead atoms. The Morgan fingerprint density at radius 2 is 1.80 bits per heavy atom. The minimum atomic E-state index is 0.132. The lowest BCUT2D eigenvalue weighted by Gasteiger charge is -2.01. The second-order valence-corrected chi connectivity index (χ2v) is 3.95. The molecule has 0 aromatic heterocycles. The molecule has 1 rings (SSSR count). The van der Waals surface area contributed by atoms with Crippen LogP contribution in [0.5, 0.6) is 0 Å². The first-order valence-electron chi connectivity index (χ1n) is 5.31. The Bertz CT molecular complexity index is 280. The molecule has 15 heavy (non-hydrogen) atoms. The summed E-state index contributed by atoms with van der Waals surface area (Å²) in [4.78, 5) is 1.24. The average molecular weight is 224 g/mol. The van der Waals surface area contributed by atoms with Crippen LogP contribution in [-0.2, 0) is 0 Å². The summed E-state index contributed by atoms with van der Waals surface area (Å²) in [7, 11) is 0. The van der Waals surface area contributed by atoms with Crippen molar-refractivity contribution in [1.29, 1.82) is 5.41 Å². The van der Waals surface area contributed by atoms with Gasteiger partial charge in [0.1, 0.15) is 5.84 Å². The van der Waals surface area contributed by atoms with E-state index in [2.05, 4.69) is 6.92 Å². The van der Waals surface area contributed by atoms with E-state index in [0.29, 0.717) is 0 Å². The summed E-state index contributed by atoms with van der Waals surface area (Å²) >= 11 is 1.83. The first-order chi connectivity index (χ1) is 7.24. The smallest absolute Gasteiger partial charge is 0.122 e. The van der Waals surface area contributed by atoms with E-state index in [0.717, 1.165) is 11.3 Å². The van der Waals surface area contributed by atoms with Gasteiger partial charge in [-0.1, -0.05) is 32.9 Å². The number of thioether (sulfide) groups is 1. The minimum absolute atomic E-state index is 0.132. The van der Waals surface area contributed by atoms with E-state index in [4.69, 9.17) is 11.1 Å². The normalized spacial score (nSPS) is 9.00. The van der Waals surface area contributed by atoms with Gasteiger partial charge in [-0.2, -0.15) is 0 Å². The van der Waals surface area contributed by atoms with Crippen molar-refractivity contribution in [2.24, 2.45) is 5.73 Å². The van der Waals surface area contributed by atoms with Gasteiger partial charge in [-0.15, -0.1) is 11.8 Å². The summed E-state index contributed by atoms with van der Waals surface area (Å²) in [5.74, 6) is 1.27. The molecule has 0 aliphatic heterocycles. The first-order valence-corrected chi connectivity index (χ1v) is 6.30. The second-order valence-electron chi connectivity index (χ2n) is 2.79. The Morgan fingerprint density at radius 3 is 2.20 bits per heavy atom.